The Hall–Kier alpha value is -3.26. The van der Waals surface area contributed by atoms with E-state index in [9.17, 15) is 14.4 Å². The third kappa shape index (κ3) is 5.07. The summed E-state index contributed by atoms with van der Waals surface area (Å²) in [6.45, 7) is 2.54. The van der Waals surface area contributed by atoms with Crippen LogP contribution in [0.1, 0.15) is 53.7 Å². The minimum absolute atomic E-state index is 0.00400. The molecule has 186 valence electrons. The highest BCUT2D eigenvalue weighted by molar-refractivity contribution is 6.32. The fourth-order valence-corrected chi connectivity index (χ4v) is 4.49. The van der Waals surface area contributed by atoms with Crippen LogP contribution in [0, 0.1) is 5.92 Å². The lowest BCUT2D eigenvalue weighted by atomic mass is 10.0. The highest BCUT2D eigenvalue weighted by Gasteiger charge is 2.39. The van der Waals surface area contributed by atoms with Gasteiger partial charge in [-0.2, -0.15) is 0 Å². The predicted molar refractivity (Wildman–Crippen MR) is 133 cm³/mol. The second kappa shape index (κ2) is 10.2. The summed E-state index contributed by atoms with van der Waals surface area (Å²) in [4.78, 5) is 42.2. The molecule has 2 aliphatic rings. The average Bonchev–Trinajstić information content (AvgIpc) is 3.63. The molecule has 0 spiro atoms. The van der Waals surface area contributed by atoms with Crippen LogP contribution in [0.4, 0.5) is 5.69 Å². The van der Waals surface area contributed by atoms with Crippen LogP contribution in [-0.2, 0) is 16.1 Å². The van der Waals surface area contributed by atoms with Crippen molar-refractivity contribution in [3.8, 4) is 11.5 Å². The van der Waals surface area contributed by atoms with E-state index in [1.54, 1.807) is 44.3 Å². The number of benzene rings is 2. The zero-order valence-electron chi connectivity index (χ0n) is 20.4. The predicted octanol–water partition coefficient (Wildman–Crippen LogP) is 4.27. The van der Waals surface area contributed by atoms with E-state index in [0.717, 1.165) is 18.4 Å². The van der Waals surface area contributed by atoms with Gasteiger partial charge in [0.05, 0.1) is 37.4 Å². The zero-order chi connectivity index (χ0) is 25.3. The molecular weight excluding hydrogens is 470 g/mol. The molecule has 1 aliphatic heterocycles. The molecule has 1 aliphatic carbocycles. The summed E-state index contributed by atoms with van der Waals surface area (Å²) in [7, 11) is 4.93. The molecule has 1 fully saturated rings. The number of nitrogens with zero attached hydrogens (tertiary/aromatic N) is 2. The quantitative estimate of drug-likeness (QED) is 0.556. The van der Waals surface area contributed by atoms with Crippen LogP contribution in [0.2, 0.25) is 5.02 Å². The summed E-state index contributed by atoms with van der Waals surface area (Å²) in [5, 5.41) is 3.35. The van der Waals surface area contributed by atoms with Crippen LogP contribution in [0.25, 0.3) is 0 Å². The number of hydrogen-bond acceptors (Lipinski definition) is 5. The van der Waals surface area contributed by atoms with E-state index in [-0.39, 0.29) is 36.6 Å². The first-order valence-corrected chi connectivity index (χ1v) is 12.1. The Bertz CT molecular complexity index is 1160. The molecular formula is C26H30ClN3O5. The molecule has 1 heterocycles. The summed E-state index contributed by atoms with van der Waals surface area (Å²) in [5.74, 6) is 0.610. The Morgan fingerprint density at radius 3 is 2.57 bits per heavy atom. The van der Waals surface area contributed by atoms with Crippen molar-refractivity contribution in [2.75, 3.05) is 33.1 Å². The van der Waals surface area contributed by atoms with Crippen LogP contribution in [0.15, 0.2) is 30.3 Å². The van der Waals surface area contributed by atoms with E-state index in [0.29, 0.717) is 39.9 Å². The van der Waals surface area contributed by atoms with E-state index >= 15 is 0 Å². The Morgan fingerprint density at radius 1 is 1.20 bits per heavy atom. The van der Waals surface area contributed by atoms with E-state index in [4.69, 9.17) is 21.1 Å². The number of rotatable bonds is 9. The molecule has 0 radical (unpaired) electrons. The highest BCUT2D eigenvalue weighted by atomic mass is 35.5. The molecule has 3 amide bonds. The van der Waals surface area contributed by atoms with Gasteiger partial charge in [0.2, 0.25) is 11.8 Å². The number of methoxy groups -OCH3 is 1. The van der Waals surface area contributed by atoms with Crippen molar-refractivity contribution in [1.29, 1.82) is 0 Å². The highest BCUT2D eigenvalue weighted by Crippen LogP contribution is 2.42. The van der Waals surface area contributed by atoms with Crippen LogP contribution in [0.5, 0.6) is 11.5 Å². The third-order valence-corrected chi connectivity index (χ3v) is 6.73. The summed E-state index contributed by atoms with van der Waals surface area (Å²) in [5.41, 5.74) is 2.22. The number of fused-ring (bicyclic) bond motifs is 1. The third-order valence-electron chi connectivity index (χ3n) is 6.38. The second-order valence-electron chi connectivity index (χ2n) is 9.00. The minimum Gasteiger partial charge on any atom is -0.493 e. The number of anilines is 1. The van der Waals surface area contributed by atoms with Gasteiger partial charge in [-0.25, -0.2) is 0 Å². The average molecular weight is 500 g/mol. The molecule has 8 nitrogen and oxygen atoms in total. The van der Waals surface area contributed by atoms with Crippen molar-refractivity contribution in [2.45, 2.75) is 38.8 Å². The normalized spacial score (nSPS) is 15.5. The Morgan fingerprint density at radius 2 is 1.94 bits per heavy atom. The van der Waals surface area contributed by atoms with Gasteiger partial charge >= 0.3 is 0 Å². The van der Waals surface area contributed by atoms with Crippen molar-refractivity contribution in [3.05, 3.63) is 52.0 Å². The summed E-state index contributed by atoms with van der Waals surface area (Å²) in [6.07, 6.45) is 1.79. The molecule has 1 atom stereocenters. The van der Waals surface area contributed by atoms with Crippen molar-refractivity contribution in [1.82, 2.24) is 9.80 Å². The van der Waals surface area contributed by atoms with E-state index in [1.165, 1.54) is 4.90 Å². The number of halogens is 1. The lowest BCUT2D eigenvalue weighted by molar-refractivity contribution is -0.129. The number of carbonyl (C=O) groups is 3. The van der Waals surface area contributed by atoms with E-state index in [2.05, 4.69) is 5.32 Å². The Labute approximate surface area is 210 Å². The lowest BCUT2D eigenvalue weighted by Gasteiger charge is -2.29. The summed E-state index contributed by atoms with van der Waals surface area (Å²) >= 11 is 6.49. The maximum absolute atomic E-state index is 13.8. The number of nitrogens with one attached hydrogen (secondary N) is 1. The first-order valence-electron chi connectivity index (χ1n) is 11.7. The standard InChI is InChI=1S/C26H30ClN3O5/c1-5-35-22-12-16(8-11-21(22)34-4)20(13-23(31)29(2)3)30-14-17-18(27)9-10-19(24(17)26(30)33)28-25(32)15-6-7-15/h8-12,15,20H,5-7,13-14H2,1-4H3,(H,28,32)/t20-/m1/s1. The molecule has 0 saturated heterocycles. The summed E-state index contributed by atoms with van der Waals surface area (Å²) in [6, 6.07) is 8.21. The van der Waals surface area contributed by atoms with Gasteiger partial charge in [0, 0.05) is 37.1 Å². The molecule has 2 aromatic rings. The maximum atomic E-state index is 13.8. The maximum Gasteiger partial charge on any atom is 0.257 e. The smallest absolute Gasteiger partial charge is 0.257 e. The topological polar surface area (TPSA) is 88.2 Å². The SMILES string of the molecule is CCOc1cc([C@@H](CC(=O)N(C)C)N2Cc3c(Cl)ccc(NC(=O)C4CC4)c3C2=O)ccc1OC. The van der Waals surface area contributed by atoms with E-state index in [1.807, 2.05) is 19.1 Å². The monoisotopic (exact) mass is 499 g/mol. The molecule has 1 N–H and O–H groups in total. The van der Waals surface area contributed by atoms with Crippen molar-refractivity contribution < 1.29 is 23.9 Å². The Kier molecular flexibility index (Phi) is 7.21. The van der Waals surface area contributed by atoms with Gasteiger partial charge in [-0.05, 0) is 49.6 Å². The van der Waals surface area contributed by atoms with Gasteiger partial charge in [0.1, 0.15) is 0 Å². The lowest BCUT2D eigenvalue weighted by Crippen LogP contribution is -2.34. The largest absolute Gasteiger partial charge is 0.493 e. The van der Waals surface area contributed by atoms with Gasteiger partial charge in [0.25, 0.3) is 5.91 Å². The molecule has 1 saturated carbocycles. The van der Waals surface area contributed by atoms with Gasteiger partial charge in [-0.15, -0.1) is 0 Å². The zero-order valence-corrected chi connectivity index (χ0v) is 21.1. The first-order chi connectivity index (χ1) is 16.7. The van der Waals surface area contributed by atoms with E-state index < -0.39 is 6.04 Å². The molecule has 0 bridgehead atoms. The number of amides is 3. The van der Waals surface area contributed by atoms with Crippen LogP contribution >= 0.6 is 11.6 Å². The van der Waals surface area contributed by atoms with Gasteiger partial charge in [-0.1, -0.05) is 17.7 Å². The molecule has 35 heavy (non-hydrogen) atoms. The minimum atomic E-state index is -0.571. The Balaban J connectivity index is 1.73. The van der Waals surface area contributed by atoms with Crippen molar-refractivity contribution >= 4 is 35.0 Å². The van der Waals surface area contributed by atoms with Crippen LogP contribution in [-0.4, -0.2) is 55.3 Å². The fourth-order valence-electron chi connectivity index (χ4n) is 4.27. The number of carbonyl (C=O) groups excluding carboxylic acids is 3. The molecule has 2 aromatic carbocycles. The second-order valence-corrected chi connectivity index (χ2v) is 9.40. The van der Waals surface area contributed by atoms with Gasteiger partial charge in [-0.3, -0.25) is 14.4 Å². The summed E-state index contributed by atoms with van der Waals surface area (Å²) < 4.78 is 11.1. The molecule has 0 aromatic heterocycles. The number of ether oxygens (including phenoxy) is 2. The van der Waals surface area contributed by atoms with Crippen LogP contribution < -0.4 is 14.8 Å². The van der Waals surface area contributed by atoms with Gasteiger partial charge < -0.3 is 24.6 Å². The number of hydrogen-bond donors (Lipinski definition) is 1. The fraction of sp³-hybridized carbons (Fsp3) is 0.423. The first kappa shape index (κ1) is 24.9. The van der Waals surface area contributed by atoms with Crippen LogP contribution in [0.3, 0.4) is 0 Å². The van der Waals surface area contributed by atoms with Crippen molar-refractivity contribution in [3.63, 3.8) is 0 Å². The molecule has 0 unspecified atom stereocenters. The van der Waals surface area contributed by atoms with Gasteiger partial charge in [0.15, 0.2) is 11.5 Å². The molecule has 9 heteroatoms. The molecule has 4 rings (SSSR count). The van der Waals surface area contributed by atoms with Crippen molar-refractivity contribution in [2.24, 2.45) is 5.92 Å².